The highest BCUT2D eigenvalue weighted by Gasteiger charge is 2.35. The van der Waals surface area contributed by atoms with E-state index in [2.05, 4.69) is 20.8 Å². The molecule has 0 spiro atoms. The molecular formula is C11H18O2. The maximum atomic E-state index is 5.71. The molecule has 0 aromatic carbocycles. The van der Waals surface area contributed by atoms with Gasteiger partial charge < -0.3 is 9.47 Å². The van der Waals surface area contributed by atoms with Gasteiger partial charge in [0, 0.05) is 0 Å². The van der Waals surface area contributed by atoms with Crippen LogP contribution in [0.5, 0.6) is 0 Å². The number of fused-ring (bicyclic) bond motifs is 1. The van der Waals surface area contributed by atoms with Crippen LogP contribution in [0.2, 0.25) is 0 Å². The lowest BCUT2D eigenvalue weighted by atomic mass is 9.75. The maximum Gasteiger partial charge on any atom is 0.124 e. The molecule has 2 nitrogen and oxygen atoms in total. The lowest BCUT2D eigenvalue weighted by Crippen LogP contribution is -2.36. The predicted octanol–water partition coefficient (Wildman–Crippen LogP) is 2.50. The topological polar surface area (TPSA) is 18.5 Å². The van der Waals surface area contributed by atoms with E-state index in [0.717, 1.165) is 31.8 Å². The maximum absolute atomic E-state index is 5.71. The van der Waals surface area contributed by atoms with Crippen molar-refractivity contribution in [2.24, 2.45) is 5.41 Å². The number of rotatable bonds is 0. The SMILES string of the molecule is CC1=C2OCCOC2CC(C)(C)C1. The summed E-state index contributed by atoms with van der Waals surface area (Å²) in [5.41, 5.74) is 1.75. The van der Waals surface area contributed by atoms with Crippen LogP contribution in [0.3, 0.4) is 0 Å². The van der Waals surface area contributed by atoms with Gasteiger partial charge in [0.15, 0.2) is 0 Å². The van der Waals surface area contributed by atoms with Crippen molar-refractivity contribution in [2.45, 2.75) is 39.7 Å². The first kappa shape index (κ1) is 9.07. The summed E-state index contributed by atoms with van der Waals surface area (Å²) in [5, 5.41) is 0. The Morgan fingerprint density at radius 1 is 1.31 bits per heavy atom. The molecule has 0 radical (unpaired) electrons. The fourth-order valence-electron chi connectivity index (χ4n) is 2.44. The molecule has 1 saturated heterocycles. The molecule has 0 N–H and O–H groups in total. The molecule has 1 atom stereocenters. The first-order valence-electron chi connectivity index (χ1n) is 5.02. The van der Waals surface area contributed by atoms with Gasteiger partial charge in [-0.1, -0.05) is 13.8 Å². The molecular weight excluding hydrogens is 164 g/mol. The van der Waals surface area contributed by atoms with Crippen LogP contribution in [-0.2, 0) is 9.47 Å². The second-order valence-corrected chi connectivity index (χ2v) is 4.90. The molecule has 1 aliphatic heterocycles. The first-order chi connectivity index (χ1) is 6.08. The third-order valence-corrected chi connectivity index (χ3v) is 2.85. The van der Waals surface area contributed by atoms with Gasteiger partial charge in [-0.3, -0.25) is 0 Å². The van der Waals surface area contributed by atoms with E-state index in [0.29, 0.717) is 5.41 Å². The quantitative estimate of drug-likeness (QED) is 0.573. The highest BCUT2D eigenvalue weighted by atomic mass is 16.6. The minimum atomic E-state index is 0.234. The average Bonchev–Trinajstić information content (AvgIpc) is 2.02. The van der Waals surface area contributed by atoms with Gasteiger partial charge in [0.1, 0.15) is 18.5 Å². The number of hydrogen-bond donors (Lipinski definition) is 0. The summed E-state index contributed by atoms with van der Waals surface area (Å²) in [4.78, 5) is 0. The van der Waals surface area contributed by atoms with Crippen LogP contribution >= 0.6 is 0 Å². The van der Waals surface area contributed by atoms with Gasteiger partial charge in [-0.05, 0) is 30.8 Å². The molecule has 2 rings (SSSR count). The fraction of sp³-hybridized carbons (Fsp3) is 0.818. The average molecular weight is 182 g/mol. The Kier molecular flexibility index (Phi) is 2.11. The minimum Gasteiger partial charge on any atom is -0.493 e. The van der Waals surface area contributed by atoms with Crippen molar-refractivity contribution in [3.63, 3.8) is 0 Å². The lowest BCUT2D eigenvalue weighted by molar-refractivity contribution is -0.0677. The Hall–Kier alpha value is -0.500. The van der Waals surface area contributed by atoms with E-state index in [4.69, 9.17) is 9.47 Å². The van der Waals surface area contributed by atoms with E-state index in [-0.39, 0.29) is 6.10 Å². The van der Waals surface area contributed by atoms with Crippen molar-refractivity contribution >= 4 is 0 Å². The molecule has 0 aromatic heterocycles. The molecule has 2 aliphatic rings. The zero-order valence-electron chi connectivity index (χ0n) is 8.72. The summed E-state index contributed by atoms with van der Waals surface area (Å²) >= 11 is 0. The summed E-state index contributed by atoms with van der Waals surface area (Å²) in [6.45, 7) is 8.23. The normalized spacial score (nSPS) is 32.4. The van der Waals surface area contributed by atoms with Gasteiger partial charge >= 0.3 is 0 Å². The highest BCUT2D eigenvalue weighted by Crippen LogP contribution is 2.41. The van der Waals surface area contributed by atoms with Crippen LogP contribution in [-0.4, -0.2) is 19.3 Å². The minimum absolute atomic E-state index is 0.234. The standard InChI is InChI=1S/C11H18O2/c1-8-6-11(2,3)7-9-10(8)13-5-4-12-9/h9H,4-7H2,1-3H3. The Morgan fingerprint density at radius 2 is 2.08 bits per heavy atom. The lowest BCUT2D eigenvalue weighted by Gasteiger charge is -2.39. The van der Waals surface area contributed by atoms with E-state index >= 15 is 0 Å². The number of hydrogen-bond acceptors (Lipinski definition) is 2. The Balaban J connectivity index is 2.24. The van der Waals surface area contributed by atoms with Gasteiger partial charge in [-0.2, -0.15) is 0 Å². The Morgan fingerprint density at radius 3 is 2.85 bits per heavy atom. The molecule has 1 fully saturated rings. The van der Waals surface area contributed by atoms with Gasteiger partial charge in [0.05, 0.1) is 6.61 Å². The van der Waals surface area contributed by atoms with Crippen molar-refractivity contribution in [1.29, 1.82) is 0 Å². The summed E-state index contributed by atoms with van der Waals surface area (Å²) in [7, 11) is 0. The van der Waals surface area contributed by atoms with Crippen molar-refractivity contribution in [2.75, 3.05) is 13.2 Å². The zero-order chi connectivity index (χ0) is 9.47. The number of allylic oxidation sites excluding steroid dienone is 1. The third kappa shape index (κ3) is 1.73. The monoisotopic (exact) mass is 182 g/mol. The molecule has 74 valence electrons. The van der Waals surface area contributed by atoms with Gasteiger partial charge in [0.25, 0.3) is 0 Å². The highest BCUT2D eigenvalue weighted by molar-refractivity contribution is 5.18. The second-order valence-electron chi connectivity index (χ2n) is 4.90. The largest absolute Gasteiger partial charge is 0.493 e. The molecule has 0 saturated carbocycles. The first-order valence-corrected chi connectivity index (χ1v) is 5.02. The molecule has 2 heteroatoms. The van der Waals surface area contributed by atoms with Gasteiger partial charge in [-0.25, -0.2) is 0 Å². The van der Waals surface area contributed by atoms with Crippen LogP contribution in [0.25, 0.3) is 0 Å². The van der Waals surface area contributed by atoms with Crippen LogP contribution in [0.4, 0.5) is 0 Å². The van der Waals surface area contributed by atoms with Crippen LogP contribution in [0, 0.1) is 5.41 Å². The Labute approximate surface area is 79.9 Å². The summed E-state index contributed by atoms with van der Waals surface area (Å²) in [6, 6.07) is 0. The van der Waals surface area contributed by atoms with E-state index < -0.39 is 0 Å². The molecule has 0 amide bonds. The summed E-state index contributed by atoms with van der Waals surface area (Å²) in [5.74, 6) is 1.12. The molecule has 0 aromatic rings. The molecule has 0 bridgehead atoms. The van der Waals surface area contributed by atoms with Crippen LogP contribution in [0.1, 0.15) is 33.6 Å². The predicted molar refractivity (Wildman–Crippen MR) is 51.4 cm³/mol. The second kappa shape index (κ2) is 3.02. The van der Waals surface area contributed by atoms with Crippen molar-refractivity contribution in [1.82, 2.24) is 0 Å². The van der Waals surface area contributed by atoms with Crippen molar-refractivity contribution in [3.05, 3.63) is 11.3 Å². The van der Waals surface area contributed by atoms with Crippen molar-refractivity contribution in [3.8, 4) is 0 Å². The molecule has 1 aliphatic carbocycles. The molecule has 13 heavy (non-hydrogen) atoms. The van der Waals surface area contributed by atoms with Gasteiger partial charge in [-0.15, -0.1) is 0 Å². The van der Waals surface area contributed by atoms with Crippen LogP contribution < -0.4 is 0 Å². The molecule has 1 heterocycles. The summed E-state index contributed by atoms with van der Waals surface area (Å²) in [6.07, 6.45) is 2.47. The van der Waals surface area contributed by atoms with Crippen LogP contribution in [0.15, 0.2) is 11.3 Å². The molecule has 1 unspecified atom stereocenters. The third-order valence-electron chi connectivity index (χ3n) is 2.85. The van der Waals surface area contributed by atoms with Gasteiger partial charge in [0.2, 0.25) is 0 Å². The zero-order valence-corrected chi connectivity index (χ0v) is 8.72. The Bertz CT molecular complexity index is 240. The van der Waals surface area contributed by atoms with E-state index in [1.54, 1.807) is 0 Å². The fourth-order valence-corrected chi connectivity index (χ4v) is 2.44. The van der Waals surface area contributed by atoms with E-state index in [1.807, 2.05) is 0 Å². The summed E-state index contributed by atoms with van der Waals surface area (Å²) < 4.78 is 11.3. The van der Waals surface area contributed by atoms with E-state index in [1.165, 1.54) is 5.57 Å². The number of ether oxygens (including phenoxy) is 2. The van der Waals surface area contributed by atoms with E-state index in [9.17, 15) is 0 Å². The van der Waals surface area contributed by atoms with Crippen molar-refractivity contribution < 1.29 is 9.47 Å². The smallest absolute Gasteiger partial charge is 0.124 e.